The molecule has 1 aromatic rings. The van der Waals surface area contributed by atoms with E-state index in [4.69, 9.17) is 0 Å². The number of carbonyl (C=O) groups is 2. The van der Waals surface area contributed by atoms with Crippen molar-refractivity contribution in [3.05, 3.63) is 35.6 Å². The van der Waals surface area contributed by atoms with Crippen molar-refractivity contribution in [3.63, 3.8) is 0 Å². The first kappa shape index (κ1) is 15.4. The van der Waals surface area contributed by atoms with Crippen LogP contribution in [-0.2, 0) is 16.1 Å². The van der Waals surface area contributed by atoms with Gasteiger partial charge in [-0.25, -0.2) is 9.18 Å². The molecule has 1 atom stereocenters. The highest BCUT2D eigenvalue weighted by atomic mass is 19.1. The molecule has 0 radical (unpaired) electrons. The Morgan fingerprint density at radius 3 is 2.52 bits per heavy atom. The molecular weight excluding hydrogens is 275 g/mol. The number of halogens is 1. The van der Waals surface area contributed by atoms with Crippen LogP contribution >= 0.6 is 0 Å². The number of nitrogens with zero attached hydrogens (tertiary/aromatic N) is 1. The largest absolute Gasteiger partial charge is 0.453 e. The predicted octanol–water partition coefficient (Wildman–Crippen LogP) is 2.06. The maximum atomic E-state index is 12.9. The van der Waals surface area contributed by atoms with Crippen LogP contribution in [0.3, 0.4) is 0 Å². The van der Waals surface area contributed by atoms with Gasteiger partial charge < -0.3 is 4.74 Å². The van der Waals surface area contributed by atoms with E-state index in [1.54, 1.807) is 19.1 Å². The smallest absolute Gasteiger partial charge is 0.413 e. The number of alkyl carbamates (subject to hydrolysis) is 1. The molecule has 2 rings (SSSR count). The fourth-order valence-corrected chi connectivity index (χ4v) is 2.20. The van der Waals surface area contributed by atoms with Gasteiger partial charge in [-0.05, 0) is 37.5 Å². The summed E-state index contributed by atoms with van der Waals surface area (Å²) in [5, 5.41) is 2.19. The van der Waals surface area contributed by atoms with Gasteiger partial charge in [0.1, 0.15) is 5.82 Å². The average molecular weight is 294 g/mol. The molecule has 1 aliphatic rings. The molecule has 0 unspecified atom stereocenters. The number of imide groups is 1. The van der Waals surface area contributed by atoms with E-state index in [1.807, 2.05) is 4.90 Å². The number of nitrogens with one attached hydrogen (secondary N) is 1. The van der Waals surface area contributed by atoms with Gasteiger partial charge in [0.05, 0.1) is 13.2 Å². The first-order valence-electron chi connectivity index (χ1n) is 6.90. The second-order valence-corrected chi connectivity index (χ2v) is 5.19. The van der Waals surface area contributed by atoms with Crippen molar-refractivity contribution in [2.24, 2.45) is 0 Å². The number of methoxy groups -OCH3 is 1. The highest BCUT2D eigenvalue weighted by molar-refractivity contribution is 5.94. The molecular formula is C15H19FN2O3. The number of rotatable bonds is 5. The van der Waals surface area contributed by atoms with Crippen LogP contribution in [0.5, 0.6) is 0 Å². The maximum absolute atomic E-state index is 12.9. The molecule has 1 aliphatic carbocycles. The Kier molecular flexibility index (Phi) is 4.90. The van der Waals surface area contributed by atoms with Crippen molar-refractivity contribution < 1.29 is 18.7 Å². The summed E-state index contributed by atoms with van der Waals surface area (Å²) in [6.07, 6.45) is 1.29. The first-order chi connectivity index (χ1) is 10.0. The van der Waals surface area contributed by atoms with Gasteiger partial charge in [-0.15, -0.1) is 0 Å². The molecule has 1 fully saturated rings. The molecule has 1 saturated carbocycles. The number of ether oxygens (including phenoxy) is 1. The van der Waals surface area contributed by atoms with Crippen LogP contribution in [0, 0.1) is 5.82 Å². The van der Waals surface area contributed by atoms with Gasteiger partial charge in [0.15, 0.2) is 0 Å². The Morgan fingerprint density at radius 1 is 1.38 bits per heavy atom. The molecule has 0 heterocycles. The molecule has 0 spiro atoms. The van der Waals surface area contributed by atoms with Crippen molar-refractivity contribution in [1.82, 2.24) is 10.2 Å². The zero-order valence-corrected chi connectivity index (χ0v) is 12.1. The number of hydrogen-bond donors (Lipinski definition) is 1. The second kappa shape index (κ2) is 6.67. The minimum absolute atomic E-state index is 0.284. The lowest BCUT2D eigenvalue weighted by molar-refractivity contribution is -0.125. The minimum Gasteiger partial charge on any atom is -0.453 e. The third-order valence-corrected chi connectivity index (χ3v) is 3.58. The van der Waals surface area contributed by atoms with Gasteiger partial charge >= 0.3 is 6.09 Å². The Morgan fingerprint density at radius 2 is 2.00 bits per heavy atom. The minimum atomic E-state index is -0.760. The molecule has 1 N–H and O–H groups in total. The number of hydrogen-bond acceptors (Lipinski definition) is 4. The zero-order valence-electron chi connectivity index (χ0n) is 12.1. The standard InChI is InChI=1S/C15H19FN2O3/c1-10(14(19)17-15(20)21-2)18(13-7-8-13)9-11-3-5-12(16)6-4-11/h3-6,10,13H,7-9H2,1-2H3,(H,17,19,20)/t10-/m0/s1. The van der Waals surface area contributed by atoms with Gasteiger partial charge in [-0.3, -0.25) is 15.0 Å². The lowest BCUT2D eigenvalue weighted by Gasteiger charge is -2.27. The third kappa shape index (κ3) is 4.26. The van der Waals surface area contributed by atoms with Gasteiger partial charge in [0, 0.05) is 12.6 Å². The lowest BCUT2D eigenvalue weighted by atomic mass is 10.1. The van der Waals surface area contributed by atoms with Crippen molar-refractivity contribution in [2.45, 2.75) is 38.4 Å². The molecule has 5 nitrogen and oxygen atoms in total. The van der Waals surface area contributed by atoms with Crippen molar-refractivity contribution >= 4 is 12.0 Å². The monoisotopic (exact) mass is 294 g/mol. The van der Waals surface area contributed by atoms with Crippen LogP contribution in [0.4, 0.5) is 9.18 Å². The molecule has 1 aromatic carbocycles. The number of benzene rings is 1. The van der Waals surface area contributed by atoms with E-state index in [2.05, 4.69) is 10.1 Å². The molecule has 6 heteroatoms. The van der Waals surface area contributed by atoms with Crippen LogP contribution < -0.4 is 5.32 Å². The van der Waals surface area contributed by atoms with Gasteiger partial charge in [0.25, 0.3) is 0 Å². The van der Waals surface area contributed by atoms with E-state index in [9.17, 15) is 14.0 Å². The Labute approximate surface area is 123 Å². The maximum Gasteiger partial charge on any atom is 0.413 e. The zero-order chi connectivity index (χ0) is 15.4. The molecule has 21 heavy (non-hydrogen) atoms. The van der Waals surface area contributed by atoms with E-state index in [1.165, 1.54) is 19.2 Å². The van der Waals surface area contributed by atoms with E-state index in [0.717, 1.165) is 18.4 Å². The van der Waals surface area contributed by atoms with Crippen LogP contribution in [0.25, 0.3) is 0 Å². The summed E-state index contributed by atoms with van der Waals surface area (Å²) in [6.45, 7) is 2.29. The lowest BCUT2D eigenvalue weighted by Crippen LogP contribution is -2.47. The van der Waals surface area contributed by atoms with Crippen LogP contribution in [-0.4, -0.2) is 36.1 Å². The van der Waals surface area contributed by atoms with Crippen LogP contribution in [0.15, 0.2) is 24.3 Å². The highest BCUT2D eigenvalue weighted by Gasteiger charge is 2.35. The Bertz CT molecular complexity index is 514. The summed E-state index contributed by atoms with van der Waals surface area (Å²) in [5.41, 5.74) is 0.931. The van der Waals surface area contributed by atoms with Gasteiger partial charge in [-0.2, -0.15) is 0 Å². The summed E-state index contributed by atoms with van der Waals surface area (Å²) in [7, 11) is 1.21. The Hall–Kier alpha value is -1.95. The predicted molar refractivity (Wildman–Crippen MR) is 75.0 cm³/mol. The highest BCUT2D eigenvalue weighted by Crippen LogP contribution is 2.30. The molecule has 2 amide bonds. The van der Waals surface area contributed by atoms with Crippen molar-refractivity contribution in [3.8, 4) is 0 Å². The van der Waals surface area contributed by atoms with E-state index in [0.29, 0.717) is 12.6 Å². The summed E-state index contributed by atoms with van der Waals surface area (Å²) in [4.78, 5) is 25.2. The average Bonchev–Trinajstić information content (AvgIpc) is 3.30. The summed E-state index contributed by atoms with van der Waals surface area (Å²) < 4.78 is 17.4. The quantitative estimate of drug-likeness (QED) is 0.903. The second-order valence-electron chi connectivity index (χ2n) is 5.19. The van der Waals surface area contributed by atoms with E-state index < -0.39 is 18.0 Å². The molecule has 114 valence electrons. The van der Waals surface area contributed by atoms with Crippen molar-refractivity contribution in [2.75, 3.05) is 7.11 Å². The number of carbonyl (C=O) groups excluding carboxylic acids is 2. The van der Waals surface area contributed by atoms with Crippen LogP contribution in [0.1, 0.15) is 25.3 Å². The summed E-state index contributed by atoms with van der Waals surface area (Å²) >= 11 is 0. The summed E-state index contributed by atoms with van der Waals surface area (Å²) in [5.74, 6) is -0.677. The summed E-state index contributed by atoms with van der Waals surface area (Å²) in [6, 6.07) is 6.08. The molecule has 0 aromatic heterocycles. The topological polar surface area (TPSA) is 58.6 Å². The van der Waals surface area contributed by atoms with Crippen molar-refractivity contribution in [1.29, 1.82) is 0 Å². The fraction of sp³-hybridized carbons (Fsp3) is 0.467. The fourth-order valence-electron chi connectivity index (χ4n) is 2.20. The normalized spacial score (nSPS) is 15.6. The van der Waals surface area contributed by atoms with E-state index >= 15 is 0 Å². The number of amides is 2. The molecule has 0 bridgehead atoms. The van der Waals surface area contributed by atoms with Gasteiger partial charge in [0.2, 0.25) is 5.91 Å². The Balaban J connectivity index is 2.02. The SMILES string of the molecule is COC(=O)NC(=O)[C@H](C)N(Cc1ccc(F)cc1)C1CC1. The third-order valence-electron chi connectivity index (χ3n) is 3.58. The first-order valence-corrected chi connectivity index (χ1v) is 6.90. The van der Waals surface area contributed by atoms with Gasteiger partial charge in [-0.1, -0.05) is 12.1 Å². The van der Waals surface area contributed by atoms with Crippen LogP contribution in [0.2, 0.25) is 0 Å². The van der Waals surface area contributed by atoms with E-state index in [-0.39, 0.29) is 5.82 Å². The molecule has 0 saturated heterocycles. The molecule has 0 aliphatic heterocycles.